The molecule has 1 aliphatic carbocycles. The highest BCUT2D eigenvalue weighted by Crippen LogP contribution is 2.40. The fraction of sp³-hybridized carbons (Fsp3) is 0.800. The number of likely N-dealkylation sites (tertiary alicyclic amines) is 1. The van der Waals surface area contributed by atoms with Gasteiger partial charge in [-0.05, 0) is 31.6 Å². The molecule has 1 unspecified atom stereocenters. The maximum atomic E-state index is 11.5. The number of hydrogen-bond donors (Lipinski definition) is 0. The van der Waals surface area contributed by atoms with Crippen molar-refractivity contribution < 1.29 is 4.79 Å². The second-order valence-corrected chi connectivity index (χ2v) is 3.97. The van der Waals surface area contributed by atoms with Crippen molar-refractivity contribution >= 4 is 5.91 Å². The molecule has 0 N–H and O–H groups in total. The van der Waals surface area contributed by atoms with E-state index in [0.717, 1.165) is 25.3 Å². The first-order chi connectivity index (χ1) is 6.33. The summed E-state index contributed by atoms with van der Waals surface area (Å²) in [6, 6.07) is 2.41. The van der Waals surface area contributed by atoms with Crippen molar-refractivity contribution in [3.8, 4) is 6.07 Å². The third-order valence-corrected chi connectivity index (χ3v) is 3.02. The molecule has 0 bridgehead atoms. The molecule has 2 aliphatic rings. The number of nitrogens with zero attached hydrogens (tertiary/aromatic N) is 2. The summed E-state index contributed by atoms with van der Waals surface area (Å²) < 4.78 is 0. The minimum Gasteiger partial charge on any atom is -0.339 e. The van der Waals surface area contributed by atoms with Crippen LogP contribution in [0.5, 0.6) is 0 Å². The SMILES string of the molecule is N#CCC(=O)N1CCCC1C1CC1. The monoisotopic (exact) mass is 178 g/mol. The van der Waals surface area contributed by atoms with Crippen LogP contribution < -0.4 is 0 Å². The minimum atomic E-state index is 0.0388. The molecule has 0 aromatic rings. The Balaban J connectivity index is 1.96. The lowest BCUT2D eigenvalue weighted by Gasteiger charge is -2.23. The molecule has 3 nitrogen and oxygen atoms in total. The van der Waals surface area contributed by atoms with Crippen LogP contribution in [0.3, 0.4) is 0 Å². The van der Waals surface area contributed by atoms with E-state index in [1.807, 2.05) is 11.0 Å². The van der Waals surface area contributed by atoms with Gasteiger partial charge >= 0.3 is 0 Å². The molecule has 3 heteroatoms. The molecule has 1 aliphatic heterocycles. The zero-order valence-corrected chi connectivity index (χ0v) is 7.70. The first-order valence-corrected chi connectivity index (χ1v) is 4.99. The van der Waals surface area contributed by atoms with Crippen LogP contribution in [0.25, 0.3) is 0 Å². The van der Waals surface area contributed by atoms with Gasteiger partial charge in [-0.15, -0.1) is 0 Å². The molecular weight excluding hydrogens is 164 g/mol. The van der Waals surface area contributed by atoms with Gasteiger partial charge in [0.15, 0.2) is 0 Å². The molecular formula is C10H14N2O. The molecule has 0 radical (unpaired) electrons. The Hall–Kier alpha value is -1.04. The van der Waals surface area contributed by atoms with Gasteiger partial charge in [0.1, 0.15) is 6.42 Å². The summed E-state index contributed by atoms with van der Waals surface area (Å²) in [6.45, 7) is 0.877. The van der Waals surface area contributed by atoms with Crippen LogP contribution in [0.15, 0.2) is 0 Å². The summed E-state index contributed by atoms with van der Waals surface area (Å²) in [6.07, 6.45) is 4.89. The van der Waals surface area contributed by atoms with Crippen molar-refractivity contribution in [2.45, 2.75) is 38.1 Å². The van der Waals surface area contributed by atoms with E-state index in [1.165, 1.54) is 12.8 Å². The van der Waals surface area contributed by atoms with Crippen molar-refractivity contribution in [1.29, 1.82) is 5.26 Å². The number of rotatable bonds is 2. The Morgan fingerprint density at radius 1 is 1.46 bits per heavy atom. The van der Waals surface area contributed by atoms with E-state index in [0.29, 0.717) is 6.04 Å². The van der Waals surface area contributed by atoms with E-state index in [1.54, 1.807) is 0 Å². The van der Waals surface area contributed by atoms with Gasteiger partial charge in [0.05, 0.1) is 6.07 Å². The third kappa shape index (κ3) is 1.67. The minimum absolute atomic E-state index is 0.0388. The van der Waals surface area contributed by atoms with Crippen molar-refractivity contribution in [2.75, 3.05) is 6.54 Å². The van der Waals surface area contributed by atoms with E-state index < -0.39 is 0 Å². The van der Waals surface area contributed by atoms with Crippen molar-refractivity contribution in [3.05, 3.63) is 0 Å². The maximum Gasteiger partial charge on any atom is 0.237 e. The largest absolute Gasteiger partial charge is 0.339 e. The topological polar surface area (TPSA) is 44.1 Å². The summed E-state index contributed by atoms with van der Waals surface area (Å²) in [7, 11) is 0. The molecule has 1 atom stereocenters. The van der Waals surface area contributed by atoms with Gasteiger partial charge in [0.2, 0.25) is 5.91 Å². The Kier molecular flexibility index (Phi) is 2.22. The van der Waals surface area contributed by atoms with Gasteiger partial charge in [-0.1, -0.05) is 0 Å². The van der Waals surface area contributed by atoms with Crippen molar-refractivity contribution in [2.24, 2.45) is 5.92 Å². The highest BCUT2D eigenvalue weighted by Gasteiger charge is 2.39. The molecule has 1 saturated heterocycles. The second-order valence-electron chi connectivity index (χ2n) is 3.97. The lowest BCUT2D eigenvalue weighted by Crippen LogP contribution is -2.36. The molecule has 2 rings (SSSR count). The van der Waals surface area contributed by atoms with Gasteiger partial charge in [0.25, 0.3) is 0 Å². The molecule has 1 heterocycles. The lowest BCUT2D eigenvalue weighted by molar-refractivity contribution is -0.131. The fourth-order valence-corrected chi connectivity index (χ4v) is 2.24. The van der Waals surface area contributed by atoms with Crippen molar-refractivity contribution in [1.82, 2.24) is 4.90 Å². The third-order valence-electron chi connectivity index (χ3n) is 3.02. The zero-order valence-electron chi connectivity index (χ0n) is 7.70. The summed E-state index contributed by atoms with van der Waals surface area (Å²) in [5, 5.41) is 8.44. The number of carbonyl (C=O) groups excluding carboxylic acids is 1. The standard InChI is InChI=1S/C10H14N2O/c11-6-5-10(13)12-7-1-2-9(12)8-3-4-8/h8-9H,1-5,7H2. The Morgan fingerprint density at radius 2 is 2.23 bits per heavy atom. The fourth-order valence-electron chi connectivity index (χ4n) is 2.24. The highest BCUT2D eigenvalue weighted by atomic mass is 16.2. The van der Waals surface area contributed by atoms with Crippen LogP contribution in [-0.2, 0) is 4.79 Å². The summed E-state index contributed by atoms with van der Waals surface area (Å²) >= 11 is 0. The maximum absolute atomic E-state index is 11.5. The molecule has 0 aromatic carbocycles. The predicted octanol–water partition coefficient (Wildman–Crippen LogP) is 1.30. The Morgan fingerprint density at radius 3 is 2.85 bits per heavy atom. The molecule has 1 saturated carbocycles. The molecule has 0 spiro atoms. The Bertz CT molecular complexity index is 252. The van der Waals surface area contributed by atoms with Crippen LogP contribution in [0.1, 0.15) is 32.1 Å². The molecule has 2 fully saturated rings. The zero-order chi connectivity index (χ0) is 9.26. The first-order valence-electron chi connectivity index (χ1n) is 4.99. The molecule has 0 aromatic heterocycles. The normalized spacial score (nSPS) is 27.3. The predicted molar refractivity (Wildman–Crippen MR) is 47.7 cm³/mol. The number of hydrogen-bond acceptors (Lipinski definition) is 2. The number of nitriles is 1. The van der Waals surface area contributed by atoms with Gasteiger partial charge in [-0.25, -0.2) is 0 Å². The first kappa shape index (κ1) is 8.55. The lowest BCUT2D eigenvalue weighted by atomic mass is 10.1. The molecule has 70 valence electrons. The molecule has 13 heavy (non-hydrogen) atoms. The van der Waals surface area contributed by atoms with Gasteiger partial charge < -0.3 is 4.90 Å². The van der Waals surface area contributed by atoms with Crippen LogP contribution in [0, 0.1) is 17.2 Å². The summed E-state index contributed by atoms with van der Waals surface area (Å²) in [5.74, 6) is 0.794. The van der Waals surface area contributed by atoms with Crippen LogP contribution >= 0.6 is 0 Å². The van der Waals surface area contributed by atoms with E-state index in [-0.39, 0.29) is 12.3 Å². The van der Waals surface area contributed by atoms with E-state index in [4.69, 9.17) is 5.26 Å². The highest BCUT2D eigenvalue weighted by molar-refractivity contribution is 5.78. The van der Waals surface area contributed by atoms with E-state index in [9.17, 15) is 4.79 Å². The van der Waals surface area contributed by atoms with Crippen LogP contribution in [-0.4, -0.2) is 23.4 Å². The van der Waals surface area contributed by atoms with Crippen LogP contribution in [0.2, 0.25) is 0 Å². The van der Waals surface area contributed by atoms with Gasteiger partial charge in [-0.2, -0.15) is 5.26 Å². The molecule has 1 amide bonds. The van der Waals surface area contributed by atoms with Gasteiger partial charge in [0, 0.05) is 12.6 Å². The summed E-state index contributed by atoms with van der Waals surface area (Å²) in [4.78, 5) is 13.4. The van der Waals surface area contributed by atoms with E-state index in [2.05, 4.69) is 0 Å². The van der Waals surface area contributed by atoms with Crippen molar-refractivity contribution in [3.63, 3.8) is 0 Å². The van der Waals surface area contributed by atoms with E-state index >= 15 is 0 Å². The number of carbonyl (C=O) groups is 1. The Labute approximate surface area is 78.3 Å². The average molecular weight is 178 g/mol. The number of amides is 1. The van der Waals surface area contributed by atoms with Crippen LogP contribution in [0.4, 0.5) is 0 Å². The second kappa shape index (κ2) is 3.37. The quantitative estimate of drug-likeness (QED) is 0.639. The summed E-state index contributed by atoms with van der Waals surface area (Å²) in [5.41, 5.74) is 0. The van der Waals surface area contributed by atoms with Gasteiger partial charge in [-0.3, -0.25) is 4.79 Å². The smallest absolute Gasteiger partial charge is 0.237 e. The average Bonchev–Trinajstić information content (AvgIpc) is 2.84.